The van der Waals surface area contributed by atoms with Crippen LogP contribution in [-0.4, -0.2) is 13.0 Å². The van der Waals surface area contributed by atoms with E-state index in [4.69, 9.17) is 13.9 Å². The Morgan fingerprint density at radius 3 is 2.40 bits per heavy atom. The van der Waals surface area contributed by atoms with E-state index >= 15 is 0 Å². The third-order valence-corrected chi connectivity index (χ3v) is 7.22. The van der Waals surface area contributed by atoms with Crippen LogP contribution in [0.4, 0.5) is 18.9 Å². The van der Waals surface area contributed by atoms with Crippen molar-refractivity contribution in [3.63, 3.8) is 0 Å². The van der Waals surface area contributed by atoms with Crippen molar-refractivity contribution in [3.8, 4) is 11.5 Å². The predicted molar refractivity (Wildman–Crippen MR) is 151 cm³/mol. The standard InChI is InChI=1S/C33H24F3NO5/c1-19-11-13-25-24(15-19)30(38)28-29(21-12-14-26(27(16-21)40-2)41-18-20-7-4-3-5-8-20)37(32(39)31(28)42-25)23-10-6-9-22(17-23)33(34,35)36/h3-17,29H,18H2,1-2H3. The lowest BCUT2D eigenvalue weighted by molar-refractivity contribution is -0.137. The van der Waals surface area contributed by atoms with Crippen LogP contribution < -0.4 is 19.8 Å². The van der Waals surface area contributed by atoms with Crippen molar-refractivity contribution in [2.45, 2.75) is 25.7 Å². The summed E-state index contributed by atoms with van der Waals surface area (Å²) in [7, 11) is 1.46. The second-order valence-corrected chi connectivity index (χ2v) is 9.98. The van der Waals surface area contributed by atoms with Gasteiger partial charge in [0.15, 0.2) is 16.9 Å². The molecule has 2 heterocycles. The van der Waals surface area contributed by atoms with E-state index in [1.54, 1.807) is 36.4 Å². The Morgan fingerprint density at radius 2 is 1.67 bits per heavy atom. The molecule has 6 nitrogen and oxygen atoms in total. The summed E-state index contributed by atoms with van der Waals surface area (Å²) in [5, 5.41) is 0.271. The fourth-order valence-electron chi connectivity index (χ4n) is 5.21. The molecule has 0 aliphatic carbocycles. The van der Waals surface area contributed by atoms with E-state index in [1.165, 1.54) is 19.2 Å². The van der Waals surface area contributed by atoms with Gasteiger partial charge in [-0.05, 0) is 60.5 Å². The topological polar surface area (TPSA) is 69.0 Å². The molecule has 0 saturated heterocycles. The second-order valence-electron chi connectivity index (χ2n) is 9.98. The molecule has 1 aliphatic heterocycles. The van der Waals surface area contributed by atoms with Gasteiger partial charge < -0.3 is 13.9 Å². The third kappa shape index (κ3) is 4.76. The first kappa shape index (κ1) is 27.1. The van der Waals surface area contributed by atoms with Crippen LogP contribution in [0.25, 0.3) is 11.0 Å². The van der Waals surface area contributed by atoms with Crippen LogP contribution in [0.3, 0.4) is 0 Å². The molecule has 9 heteroatoms. The van der Waals surface area contributed by atoms with Gasteiger partial charge in [0.2, 0.25) is 5.76 Å². The number of anilines is 1. The molecule has 5 aromatic rings. The first-order valence-electron chi connectivity index (χ1n) is 13.1. The zero-order valence-electron chi connectivity index (χ0n) is 22.6. The molecule has 1 unspecified atom stereocenters. The predicted octanol–water partition coefficient (Wildman–Crippen LogP) is 7.46. The fraction of sp³-hybridized carbons (Fsp3) is 0.152. The fourth-order valence-corrected chi connectivity index (χ4v) is 5.21. The summed E-state index contributed by atoms with van der Waals surface area (Å²) in [6.45, 7) is 2.09. The largest absolute Gasteiger partial charge is 0.493 e. The lowest BCUT2D eigenvalue weighted by atomic mass is 9.97. The average Bonchev–Trinajstić information content (AvgIpc) is 3.28. The Balaban J connectivity index is 1.51. The highest BCUT2D eigenvalue weighted by Crippen LogP contribution is 2.44. The Bertz CT molecular complexity index is 1880. The molecule has 212 valence electrons. The minimum absolute atomic E-state index is 0.0331. The zero-order valence-corrected chi connectivity index (χ0v) is 22.6. The number of methoxy groups -OCH3 is 1. The molecule has 42 heavy (non-hydrogen) atoms. The zero-order chi connectivity index (χ0) is 29.6. The molecular formula is C33H24F3NO5. The lowest BCUT2D eigenvalue weighted by Crippen LogP contribution is -2.29. The van der Waals surface area contributed by atoms with Crippen LogP contribution in [-0.2, 0) is 12.8 Å². The minimum Gasteiger partial charge on any atom is -0.493 e. The molecule has 0 bridgehead atoms. The number of fused-ring (bicyclic) bond motifs is 2. The number of carbonyl (C=O) groups excluding carboxylic acids is 1. The van der Waals surface area contributed by atoms with Crippen LogP contribution in [0.2, 0.25) is 0 Å². The van der Waals surface area contributed by atoms with Gasteiger partial charge in [-0.2, -0.15) is 13.2 Å². The number of carbonyl (C=O) groups is 1. The SMILES string of the molecule is COc1cc(C2c3c(oc4ccc(C)cc4c3=O)C(=O)N2c2cccc(C(F)(F)F)c2)ccc1OCc1ccccc1. The van der Waals surface area contributed by atoms with E-state index in [0.717, 1.165) is 28.2 Å². The molecule has 0 spiro atoms. The number of ether oxygens (including phenoxy) is 2. The van der Waals surface area contributed by atoms with E-state index in [1.807, 2.05) is 37.3 Å². The molecule has 4 aromatic carbocycles. The molecule has 1 aliphatic rings. The van der Waals surface area contributed by atoms with E-state index < -0.39 is 29.1 Å². The van der Waals surface area contributed by atoms with Crippen LogP contribution in [0, 0.1) is 6.92 Å². The number of aryl methyl sites for hydroxylation is 1. The Labute approximate surface area is 238 Å². The van der Waals surface area contributed by atoms with Gasteiger partial charge in [0.25, 0.3) is 5.91 Å². The summed E-state index contributed by atoms with van der Waals surface area (Å²) in [5.74, 6) is -0.199. The Kier molecular flexibility index (Phi) is 6.73. The van der Waals surface area contributed by atoms with Gasteiger partial charge >= 0.3 is 6.18 Å². The Hall–Kier alpha value is -5.05. The first-order chi connectivity index (χ1) is 20.2. The number of hydrogen-bond donors (Lipinski definition) is 0. The molecule has 0 radical (unpaired) electrons. The van der Waals surface area contributed by atoms with E-state index in [2.05, 4.69) is 0 Å². The van der Waals surface area contributed by atoms with E-state index in [-0.39, 0.29) is 34.6 Å². The van der Waals surface area contributed by atoms with Crippen molar-refractivity contribution in [2.75, 3.05) is 12.0 Å². The van der Waals surface area contributed by atoms with Gasteiger partial charge in [0.05, 0.1) is 29.7 Å². The minimum atomic E-state index is -4.64. The molecule has 0 N–H and O–H groups in total. The highest BCUT2D eigenvalue weighted by Gasteiger charge is 2.44. The summed E-state index contributed by atoms with van der Waals surface area (Å²) >= 11 is 0. The van der Waals surface area contributed by atoms with Crippen molar-refractivity contribution in [1.82, 2.24) is 0 Å². The number of amides is 1. The van der Waals surface area contributed by atoms with Crippen molar-refractivity contribution in [2.24, 2.45) is 0 Å². The first-order valence-corrected chi connectivity index (χ1v) is 13.1. The van der Waals surface area contributed by atoms with Crippen LogP contribution in [0.1, 0.15) is 44.4 Å². The summed E-state index contributed by atoms with van der Waals surface area (Å²) in [4.78, 5) is 28.9. The van der Waals surface area contributed by atoms with E-state index in [0.29, 0.717) is 17.1 Å². The van der Waals surface area contributed by atoms with Gasteiger partial charge in [-0.3, -0.25) is 14.5 Å². The van der Waals surface area contributed by atoms with Gasteiger partial charge in [-0.15, -0.1) is 0 Å². The normalized spacial score (nSPS) is 14.7. The van der Waals surface area contributed by atoms with Crippen molar-refractivity contribution in [3.05, 3.63) is 135 Å². The van der Waals surface area contributed by atoms with Gasteiger partial charge in [-0.1, -0.05) is 54.1 Å². The molecule has 1 atom stereocenters. The summed E-state index contributed by atoms with van der Waals surface area (Å²) in [6, 6.07) is 22.8. The lowest BCUT2D eigenvalue weighted by Gasteiger charge is -2.26. The van der Waals surface area contributed by atoms with Crippen LogP contribution >= 0.6 is 0 Å². The van der Waals surface area contributed by atoms with Gasteiger partial charge in [0.1, 0.15) is 12.2 Å². The van der Waals surface area contributed by atoms with Gasteiger partial charge in [0, 0.05) is 5.69 Å². The van der Waals surface area contributed by atoms with Crippen molar-refractivity contribution in [1.29, 1.82) is 0 Å². The number of nitrogens with zero attached hydrogens (tertiary/aromatic N) is 1. The van der Waals surface area contributed by atoms with Crippen molar-refractivity contribution >= 4 is 22.6 Å². The summed E-state index contributed by atoms with van der Waals surface area (Å²) in [6.07, 6.45) is -4.64. The quantitative estimate of drug-likeness (QED) is 0.212. The number of alkyl halides is 3. The monoisotopic (exact) mass is 571 g/mol. The highest BCUT2D eigenvalue weighted by molar-refractivity contribution is 6.10. The van der Waals surface area contributed by atoms with Gasteiger partial charge in [-0.25, -0.2) is 0 Å². The Morgan fingerprint density at radius 1 is 0.881 bits per heavy atom. The smallest absolute Gasteiger partial charge is 0.416 e. The summed E-state index contributed by atoms with van der Waals surface area (Å²) < 4.78 is 58.5. The van der Waals surface area contributed by atoms with Crippen LogP contribution in [0.5, 0.6) is 11.5 Å². The molecule has 6 rings (SSSR count). The molecule has 0 fully saturated rings. The number of hydrogen-bond acceptors (Lipinski definition) is 5. The second kappa shape index (κ2) is 10.4. The number of benzene rings is 4. The van der Waals surface area contributed by atoms with Crippen molar-refractivity contribution < 1.29 is 31.9 Å². The maximum absolute atomic E-state index is 13.9. The molecular weight excluding hydrogens is 547 g/mol. The summed E-state index contributed by atoms with van der Waals surface area (Å²) in [5.41, 5.74) is 1.04. The third-order valence-electron chi connectivity index (χ3n) is 7.22. The maximum Gasteiger partial charge on any atom is 0.416 e. The molecule has 0 saturated carbocycles. The number of halogens is 3. The molecule has 1 aromatic heterocycles. The highest BCUT2D eigenvalue weighted by atomic mass is 19.4. The number of rotatable bonds is 6. The maximum atomic E-state index is 13.9. The van der Waals surface area contributed by atoms with Crippen LogP contribution in [0.15, 0.2) is 100 Å². The molecule has 1 amide bonds. The van der Waals surface area contributed by atoms with E-state index in [9.17, 15) is 22.8 Å². The average molecular weight is 572 g/mol.